The third-order valence-electron chi connectivity index (χ3n) is 3.29. The molecule has 19 heavy (non-hydrogen) atoms. The molecule has 1 unspecified atom stereocenters. The average molecular weight is 304 g/mol. The maximum atomic E-state index is 11.9. The Morgan fingerprint density at radius 1 is 1.37 bits per heavy atom. The lowest BCUT2D eigenvalue weighted by Gasteiger charge is -2.23. The Labute approximate surface area is 123 Å². The zero-order chi connectivity index (χ0) is 14.6. The van der Waals surface area contributed by atoms with Crippen LogP contribution < -0.4 is 5.32 Å². The second kappa shape index (κ2) is 6.60. The van der Waals surface area contributed by atoms with E-state index in [2.05, 4.69) is 5.32 Å². The molecule has 1 rings (SSSR count). The van der Waals surface area contributed by atoms with Gasteiger partial charge in [-0.05, 0) is 18.6 Å². The summed E-state index contributed by atoms with van der Waals surface area (Å²) in [5, 5.41) is 13.6. The fourth-order valence-electron chi connectivity index (χ4n) is 1.52. The second-order valence-corrected chi connectivity index (χ2v) is 5.91. The number of carbonyl (C=O) groups excluding carboxylic acids is 1. The van der Waals surface area contributed by atoms with Crippen LogP contribution in [0.5, 0.6) is 0 Å². The van der Waals surface area contributed by atoms with Crippen LogP contribution in [0, 0.1) is 5.41 Å². The molecule has 1 aromatic carbocycles. The van der Waals surface area contributed by atoms with Gasteiger partial charge in [-0.2, -0.15) is 0 Å². The van der Waals surface area contributed by atoms with Crippen molar-refractivity contribution in [2.75, 3.05) is 6.54 Å². The Balaban J connectivity index is 2.71. The molecule has 0 aromatic heterocycles. The predicted molar refractivity (Wildman–Crippen MR) is 78.5 cm³/mol. The first kappa shape index (κ1) is 16.3. The van der Waals surface area contributed by atoms with E-state index in [1.807, 2.05) is 20.8 Å². The van der Waals surface area contributed by atoms with Crippen molar-refractivity contribution in [3.8, 4) is 0 Å². The molecule has 0 spiro atoms. The number of amides is 1. The highest BCUT2D eigenvalue weighted by Gasteiger charge is 2.26. The summed E-state index contributed by atoms with van der Waals surface area (Å²) in [7, 11) is 0. The topological polar surface area (TPSA) is 49.3 Å². The molecule has 2 N–H and O–H groups in total. The molecule has 0 fully saturated rings. The molecular weight excluding hydrogens is 285 g/mol. The zero-order valence-electron chi connectivity index (χ0n) is 11.3. The quantitative estimate of drug-likeness (QED) is 0.873. The summed E-state index contributed by atoms with van der Waals surface area (Å²) in [6.45, 7) is 5.75. The lowest BCUT2D eigenvalue weighted by Crippen LogP contribution is -2.38. The van der Waals surface area contributed by atoms with E-state index in [9.17, 15) is 9.90 Å². The molecule has 0 radical (unpaired) electrons. The van der Waals surface area contributed by atoms with Gasteiger partial charge in [-0.1, -0.05) is 50.0 Å². The van der Waals surface area contributed by atoms with Gasteiger partial charge in [0.2, 0.25) is 5.91 Å². The molecule has 106 valence electrons. The van der Waals surface area contributed by atoms with Crippen LogP contribution in [-0.4, -0.2) is 17.6 Å². The molecule has 3 nitrogen and oxygen atoms in total. The summed E-state index contributed by atoms with van der Waals surface area (Å²) >= 11 is 12.0. The van der Waals surface area contributed by atoms with E-state index >= 15 is 0 Å². The van der Waals surface area contributed by atoms with Gasteiger partial charge in [-0.15, -0.1) is 0 Å². The average Bonchev–Trinajstić information content (AvgIpc) is 2.35. The van der Waals surface area contributed by atoms with E-state index in [1.54, 1.807) is 18.2 Å². The summed E-state index contributed by atoms with van der Waals surface area (Å²) in [5.41, 5.74) is -0.00952. The Bertz CT molecular complexity index is 441. The van der Waals surface area contributed by atoms with Crippen molar-refractivity contribution in [1.29, 1.82) is 0 Å². The van der Waals surface area contributed by atoms with Crippen molar-refractivity contribution in [3.05, 3.63) is 33.8 Å². The highest BCUT2D eigenvalue weighted by atomic mass is 35.5. The summed E-state index contributed by atoms with van der Waals surface area (Å²) in [4.78, 5) is 11.9. The van der Waals surface area contributed by atoms with Crippen LogP contribution in [0.25, 0.3) is 0 Å². The molecule has 1 aromatic rings. The van der Waals surface area contributed by atoms with Gasteiger partial charge in [-0.25, -0.2) is 0 Å². The van der Waals surface area contributed by atoms with Crippen LogP contribution in [0.3, 0.4) is 0 Å². The van der Waals surface area contributed by atoms with Gasteiger partial charge < -0.3 is 10.4 Å². The van der Waals surface area contributed by atoms with Gasteiger partial charge in [0, 0.05) is 27.6 Å². The highest BCUT2D eigenvalue weighted by molar-refractivity contribution is 6.36. The fraction of sp³-hybridized carbons (Fsp3) is 0.500. The number of rotatable bonds is 5. The van der Waals surface area contributed by atoms with Gasteiger partial charge in [0.1, 0.15) is 0 Å². The highest BCUT2D eigenvalue weighted by Crippen LogP contribution is 2.30. The molecule has 1 amide bonds. The summed E-state index contributed by atoms with van der Waals surface area (Å²) in [6, 6.07) is 5.02. The van der Waals surface area contributed by atoms with Crippen LogP contribution in [-0.2, 0) is 4.79 Å². The summed E-state index contributed by atoms with van der Waals surface area (Å²) < 4.78 is 0. The Kier molecular flexibility index (Phi) is 5.65. The number of hydrogen-bond acceptors (Lipinski definition) is 2. The molecular formula is C14H19Cl2NO2. The van der Waals surface area contributed by atoms with Crippen molar-refractivity contribution in [2.24, 2.45) is 5.41 Å². The first-order chi connectivity index (χ1) is 8.79. The van der Waals surface area contributed by atoms with Crippen LogP contribution in [0.15, 0.2) is 18.2 Å². The van der Waals surface area contributed by atoms with E-state index in [-0.39, 0.29) is 12.5 Å². The number of carbonyl (C=O) groups is 1. The first-order valence-electron chi connectivity index (χ1n) is 6.20. The molecule has 0 bridgehead atoms. The van der Waals surface area contributed by atoms with Gasteiger partial charge in [0.05, 0.1) is 6.10 Å². The number of halogens is 2. The minimum Gasteiger partial charge on any atom is -0.386 e. The van der Waals surface area contributed by atoms with Crippen LogP contribution in [0.2, 0.25) is 10.0 Å². The normalized spacial score (nSPS) is 13.2. The Hall–Kier alpha value is -0.770. The smallest absolute Gasteiger partial charge is 0.225 e. The van der Waals surface area contributed by atoms with Gasteiger partial charge in [0.15, 0.2) is 0 Å². The standard InChI is InChI=1S/C14H19Cl2NO2/c1-4-14(2,3)13(19)17-8-11(18)12-9(15)6-5-7-10(12)16/h5-7,11,18H,4,8H2,1-3H3,(H,17,19). The number of aliphatic hydroxyl groups excluding tert-OH is 1. The minimum absolute atomic E-state index is 0.0890. The minimum atomic E-state index is -0.919. The van der Waals surface area contributed by atoms with Crippen molar-refractivity contribution < 1.29 is 9.90 Å². The molecule has 0 aliphatic rings. The molecule has 5 heteroatoms. The second-order valence-electron chi connectivity index (χ2n) is 5.10. The Morgan fingerprint density at radius 2 is 1.89 bits per heavy atom. The monoisotopic (exact) mass is 303 g/mol. The maximum Gasteiger partial charge on any atom is 0.225 e. The van der Waals surface area contributed by atoms with E-state index < -0.39 is 11.5 Å². The van der Waals surface area contributed by atoms with Crippen LogP contribution in [0.1, 0.15) is 38.9 Å². The molecule has 1 atom stereocenters. The van der Waals surface area contributed by atoms with E-state index in [4.69, 9.17) is 23.2 Å². The SMILES string of the molecule is CCC(C)(C)C(=O)NCC(O)c1c(Cl)cccc1Cl. The van der Waals surface area contributed by atoms with E-state index in [0.29, 0.717) is 15.6 Å². The molecule has 0 saturated carbocycles. The fourth-order valence-corrected chi connectivity index (χ4v) is 2.17. The lowest BCUT2D eigenvalue weighted by molar-refractivity contribution is -0.130. The molecule has 0 aliphatic heterocycles. The largest absolute Gasteiger partial charge is 0.386 e. The number of benzene rings is 1. The summed E-state index contributed by atoms with van der Waals surface area (Å²) in [6.07, 6.45) is -0.195. The van der Waals surface area contributed by atoms with Gasteiger partial charge in [-0.3, -0.25) is 4.79 Å². The molecule has 0 saturated heterocycles. The van der Waals surface area contributed by atoms with Gasteiger partial charge in [0.25, 0.3) is 0 Å². The zero-order valence-corrected chi connectivity index (χ0v) is 12.8. The third-order valence-corrected chi connectivity index (χ3v) is 3.95. The van der Waals surface area contributed by atoms with Crippen molar-refractivity contribution in [3.63, 3.8) is 0 Å². The van der Waals surface area contributed by atoms with Crippen molar-refractivity contribution in [1.82, 2.24) is 5.32 Å². The number of aliphatic hydroxyl groups is 1. The van der Waals surface area contributed by atoms with Crippen molar-refractivity contribution in [2.45, 2.75) is 33.3 Å². The van der Waals surface area contributed by atoms with Gasteiger partial charge >= 0.3 is 0 Å². The lowest BCUT2D eigenvalue weighted by atomic mass is 9.89. The van der Waals surface area contributed by atoms with Crippen molar-refractivity contribution >= 4 is 29.1 Å². The molecule has 0 heterocycles. The predicted octanol–water partition coefficient (Wildman–Crippen LogP) is 3.58. The first-order valence-corrected chi connectivity index (χ1v) is 6.95. The number of nitrogens with one attached hydrogen (secondary N) is 1. The number of hydrogen-bond donors (Lipinski definition) is 2. The Morgan fingerprint density at radius 3 is 2.37 bits per heavy atom. The summed E-state index contributed by atoms with van der Waals surface area (Å²) in [5.74, 6) is -0.0998. The van der Waals surface area contributed by atoms with Crippen LogP contribution in [0.4, 0.5) is 0 Å². The molecule has 0 aliphatic carbocycles. The van der Waals surface area contributed by atoms with E-state index in [1.165, 1.54) is 0 Å². The maximum absolute atomic E-state index is 11.9. The van der Waals surface area contributed by atoms with Crippen LogP contribution >= 0.6 is 23.2 Å². The third kappa shape index (κ3) is 4.10. The van der Waals surface area contributed by atoms with E-state index in [0.717, 1.165) is 6.42 Å².